The third kappa shape index (κ3) is 2.77. The Balaban J connectivity index is 1.90. The summed E-state index contributed by atoms with van der Waals surface area (Å²) in [5, 5.41) is 8.01. The standard InChI is InChI=1S/C16H18N4O3/c1-10-7-14(22)20(16-15(10)11(2)18-19(16)3)9-13(21)17-8-12-5-4-6-23-12/h4-7H,8-9H2,1-3H3,(H,17,21). The first-order valence-electron chi connectivity index (χ1n) is 7.30. The highest BCUT2D eigenvalue weighted by Gasteiger charge is 2.16. The van der Waals surface area contributed by atoms with Gasteiger partial charge in [-0.05, 0) is 31.5 Å². The summed E-state index contributed by atoms with van der Waals surface area (Å²) >= 11 is 0. The lowest BCUT2D eigenvalue weighted by molar-refractivity contribution is -0.121. The second-order valence-electron chi connectivity index (χ2n) is 5.52. The third-order valence-corrected chi connectivity index (χ3v) is 3.79. The van der Waals surface area contributed by atoms with Gasteiger partial charge in [-0.15, -0.1) is 0 Å². The molecule has 7 heteroatoms. The molecule has 0 spiro atoms. The molecule has 3 aromatic rings. The lowest BCUT2D eigenvalue weighted by Crippen LogP contribution is -2.32. The first kappa shape index (κ1) is 15.1. The Morgan fingerprint density at radius 1 is 1.39 bits per heavy atom. The number of nitrogens with one attached hydrogen (secondary N) is 1. The molecule has 0 unspecified atom stereocenters. The maximum Gasteiger partial charge on any atom is 0.252 e. The molecule has 1 amide bonds. The van der Waals surface area contributed by atoms with Crippen LogP contribution in [0.5, 0.6) is 0 Å². The van der Waals surface area contributed by atoms with Crippen LogP contribution in [0.1, 0.15) is 17.0 Å². The largest absolute Gasteiger partial charge is 0.467 e. The number of furan rings is 1. The molecule has 3 aromatic heterocycles. The summed E-state index contributed by atoms with van der Waals surface area (Å²) in [7, 11) is 1.77. The zero-order valence-electron chi connectivity index (χ0n) is 13.3. The van der Waals surface area contributed by atoms with E-state index in [9.17, 15) is 9.59 Å². The maximum absolute atomic E-state index is 12.3. The van der Waals surface area contributed by atoms with Gasteiger partial charge in [0.05, 0.1) is 18.5 Å². The fourth-order valence-electron chi connectivity index (χ4n) is 2.81. The molecular formula is C16H18N4O3. The monoisotopic (exact) mass is 314 g/mol. The number of aromatic nitrogens is 3. The molecule has 0 saturated carbocycles. The lowest BCUT2D eigenvalue weighted by atomic mass is 10.1. The van der Waals surface area contributed by atoms with E-state index in [0.29, 0.717) is 18.0 Å². The fraction of sp³-hybridized carbons (Fsp3) is 0.312. The number of hydrogen-bond acceptors (Lipinski definition) is 4. The Labute approximate surface area is 132 Å². The number of hydrogen-bond donors (Lipinski definition) is 1. The number of amides is 1. The summed E-state index contributed by atoms with van der Waals surface area (Å²) in [6.45, 7) is 4.00. The predicted molar refractivity (Wildman–Crippen MR) is 85.0 cm³/mol. The molecule has 120 valence electrons. The van der Waals surface area contributed by atoms with Gasteiger partial charge in [0.1, 0.15) is 18.0 Å². The number of carbonyl (C=O) groups excluding carboxylic acids is 1. The molecule has 0 aromatic carbocycles. The van der Waals surface area contributed by atoms with Gasteiger partial charge in [-0.2, -0.15) is 5.10 Å². The average molecular weight is 314 g/mol. The van der Waals surface area contributed by atoms with Gasteiger partial charge in [-0.3, -0.25) is 18.8 Å². The summed E-state index contributed by atoms with van der Waals surface area (Å²) in [6.07, 6.45) is 1.55. The van der Waals surface area contributed by atoms with E-state index in [2.05, 4.69) is 10.4 Å². The van der Waals surface area contributed by atoms with Crippen LogP contribution in [0.4, 0.5) is 0 Å². The SMILES string of the molecule is Cc1cc(=O)n(CC(=O)NCc2ccco2)c2c1c(C)nn2C. The highest BCUT2D eigenvalue weighted by molar-refractivity contribution is 5.84. The number of rotatable bonds is 4. The van der Waals surface area contributed by atoms with E-state index in [0.717, 1.165) is 16.6 Å². The maximum atomic E-state index is 12.3. The van der Waals surface area contributed by atoms with Gasteiger partial charge in [-0.25, -0.2) is 0 Å². The van der Waals surface area contributed by atoms with E-state index < -0.39 is 0 Å². The first-order chi connectivity index (χ1) is 11.0. The van der Waals surface area contributed by atoms with Crippen molar-refractivity contribution >= 4 is 16.9 Å². The number of carbonyl (C=O) groups is 1. The van der Waals surface area contributed by atoms with Gasteiger partial charge in [0, 0.05) is 18.5 Å². The molecule has 0 radical (unpaired) electrons. The van der Waals surface area contributed by atoms with Crippen LogP contribution in [0.15, 0.2) is 33.7 Å². The molecule has 3 heterocycles. The van der Waals surface area contributed by atoms with Gasteiger partial charge in [0.15, 0.2) is 0 Å². The number of fused-ring (bicyclic) bond motifs is 1. The van der Waals surface area contributed by atoms with Crippen LogP contribution in [0, 0.1) is 13.8 Å². The van der Waals surface area contributed by atoms with Crippen molar-refractivity contribution in [2.45, 2.75) is 26.9 Å². The quantitative estimate of drug-likeness (QED) is 0.786. The summed E-state index contributed by atoms with van der Waals surface area (Å²) in [5.74, 6) is 0.406. The average Bonchev–Trinajstić information content (AvgIpc) is 3.09. The zero-order chi connectivity index (χ0) is 16.6. The van der Waals surface area contributed by atoms with Crippen LogP contribution in [0.25, 0.3) is 11.0 Å². The highest BCUT2D eigenvalue weighted by Crippen LogP contribution is 2.19. The molecule has 0 aliphatic heterocycles. The molecule has 0 atom stereocenters. The fourth-order valence-corrected chi connectivity index (χ4v) is 2.81. The minimum absolute atomic E-state index is 0.0602. The Bertz CT molecular complexity index is 919. The molecule has 0 aliphatic carbocycles. The number of nitrogens with zero attached hydrogens (tertiary/aromatic N) is 3. The third-order valence-electron chi connectivity index (χ3n) is 3.79. The smallest absolute Gasteiger partial charge is 0.252 e. The van der Waals surface area contributed by atoms with E-state index in [1.807, 2.05) is 13.8 Å². The van der Waals surface area contributed by atoms with Crippen molar-refractivity contribution < 1.29 is 9.21 Å². The molecule has 0 bridgehead atoms. The van der Waals surface area contributed by atoms with Crippen LogP contribution >= 0.6 is 0 Å². The second kappa shape index (κ2) is 5.75. The van der Waals surface area contributed by atoms with Gasteiger partial charge in [0.25, 0.3) is 5.56 Å². The van der Waals surface area contributed by atoms with Gasteiger partial charge >= 0.3 is 0 Å². The van der Waals surface area contributed by atoms with Crippen molar-refractivity contribution in [2.24, 2.45) is 7.05 Å². The second-order valence-corrected chi connectivity index (χ2v) is 5.52. The summed E-state index contributed by atoms with van der Waals surface area (Å²) in [6, 6.07) is 5.08. The van der Waals surface area contributed by atoms with Crippen molar-refractivity contribution in [1.82, 2.24) is 19.7 Å². The van der Waals surface area contributed by atoms with Crippen molar-refractivity contribution in [3.63, 3.8) is 0 Å². The molecule has 7 nitrogen and oxygen atoms in total. The number of aryl methyl sites for hydroxylation is 3. The summed E-state index contributed by atoms with van der Waals surface area (Å²) in [4.78, 5) is 24.5. The summed E-state index contributed by atoms with van der Waals surface area (Å²) < 4.78 is 8.25. The molecule has 1 N–H and O–H groups in total. The van der Waals surface area contributed by atoms with E-state index in [1.165, 1.54) is 10.6 Å². The van der Waals surface area contributed by atoms with E-state index >= 15 is 0 Å². The molecule has 0 fully saturated rings. The van der Waals surface area contributed by atoms with Crippen LogP contribution in [0.3, 0.4) is 0 Å². The van der Waals surface area contributed by atoms with Gasteiger partial charge in [0.2, 0.25) is 5.91 Å². The van der Waals surface area contributed by atoms with E-state index in [-0.39, 0.29) is 18.0 Å². The summed E-state index contributed by atoms with van der Waals surface area (Å²) in [5.41, 5.74) is 2.14. The molecule has 3 rings (SSSR count). The van der Waals surface area contributed by atoms with Gasteiger partial charge in [-0.1, -0.05) is 0 Å². The number of pyridine rings is 1. The minimum Gasteiger partial charge on any atom is -0.467 e. The highest BCUT2D eigenvalue weighted by atomic mass is 16.3. The first-order valence-corrected chi connectivity index (χ1v) is 7.30. The lowest BCUT2D eigenvalue weighted by Gasteiger charge is -2.10. The van der Waals surface area contributed by atoms with Crippen molar-refractivity contribution in [2.75, 3.05) is 0 Å². The van der Waals surface area contributed by atoms with Gasteiger partial charge < -0.3 is 9.73 Å². The van der Waals surface area contributed by atoms with Crippen LogP contribution in [-0.4, -0.2) is 20.3 Å². The molecular weight excluding hydrogens is 296 g/mol. The Morgan fingerprint density at radius 3 is 2.87 bits per heavy atom. The van der Waals surface area contributed by atoms with Crippen molar-refractivity contribution in [3.05, 3.63) is 51.8 Å². The Kier molecular flexibility index (Phi) is 3.77. The Morgan fingerprint density at radius 2 is 2.17 bits per heavy atom. The Hall–Kier alpha value is -2.83. The van der Waals surface area contributed by atoms with E-state index in [1.54, 1.807) is 30.1 Å². The topological polar surface area (TPSA) is 82.1 Å². The van der Waals surface area contributed by atoms with Crippen molar-refractivity contribution in [1.29, 1.82) is 0 Å². The van der Waals surface area contributed by atoms with Crippen LogP contribution in [-0.2, 0) is 24.9 Å². The normalized spacial score (nSPS) is 11.1. The molecule has 0 saturated heterocycles. The predicted octanol–water partition coefficient (Wildman–Crippen LogP) is 1.26. The van der Waals surface area contributed by atoms with E-state index in [4.69, 9.17) is 4.42 Å². The zero-order valence-corrected chi connectivity index (χ0v) is 13.3. The van der Waals surface area contributed by atoms with Crippen LogP contribution in [0.2, 0.25) is 0 Å². The van der Waals surface area contributed by atoms with Crippen molar-refractivity contribution in [3.8, 4) is 0 Å². The molecule has 0 aliphatic rings. The molecule has 23 heavy (non-hydrogen) atoms. The minimum atomic E-state index is -0.257. The van der Waals surface area contributed by atoms with Crippen LogP contribution < -0.4 is 10.9 Å².